The lowest BCUT2D eigenvalue weighted by atomic mass is 10.4. The van der Waals surface area contributed by atoms with Gasteiger partial charge in [0.25, 0.3) is 0 Å². The molecular weight excluding hydrogens is 282 g/mol. The molecule has 0 heterocycles. The van der Waals surface area contributed by atoms with Crippen molar-refractivity contribution in [1.82, 2.24) is 0 Å². The number of aliphatic hydroxyl groups is 1. The maximum absolute atomic E-state index is 7.00. The van der Waals surface area contributed by atoms with Gasteiger partial charge in [-0.25, -0.2) is 0 Å². The molecule has 0 aliphatic carbocycles. The van der Waals surface area contributed by atoms with E-state index < -0.39 is 0 Å². The molecule has 18 heavy (non-hydrogen) atoms. The molecule has 0 aromatic rings. The van der Waals surface area contributed by atoms with Crippen LogP contribution in [0.3, 0.4) is 0 Å². The minimum absolute atomic E-state index is 0. The third-order valence-electron chi connectivity index (χ3n) is 0.833. The largest absolute Gasteiger partial charge is 0.412 e. The van der Waals surface area contributed by atoms with Crippen molar-refractivity contribution in [2.24, 2.45) is 0 Å². The number of hydrogen-bond donors (Lipinski definition) is 1. The van der Waals surface area contributed by atoms with E-state index >= 15 is 0 Å². The monoisotopic (exact) mass is 314 g/mol. The molecule has 0 aromatic heterocycles. The molecule has 0 spiro atoms. The molecule has 0 aromatic carbocycles. The smallest absolute Gasteiger partial charge is 0.154 e. The predicted octanol–water partition coefficient (Wildman–Crippen LogP) is 1.34. The summed E-state index contributed by atoms with van der Waals surface area (Å²) in [4.78, 5) is 0. The van der Waals surface area contributed by atoms with Crippen LogP contribution in [0, 0.1) is 0 Å². The van der Waals surface area contributed by atoms with E-state index in [1.165, 1.54) is 12.8 Å². The van der Waals surface area contributed by atoms with Gasteiger partial charge in [0.15, 0.2) is 18.1 Å². The number of hydrogen-bond acceptors (Lipinski definition) is 5. The molecule has 0 radical (unpaired) electrons. The third-order valence-corrected chi connectivity index (χ3v) is 1.50. The summed E-state index contributed by atoms with van der Waals surface area (Å²) in [5, 5.41) is 7.00. The molecule has 0 atom stereocenters. The standard InChI is InChI=1S/C4H10.2C2H7O2P.CH4O.2H2O/c1-3-4-2;2*1-3-5-4-2;1-2;;/h3-4H2,1-2H3;2*5H,1-2H3;2H,1H3;2*1H2. The molecule has 0 saturated heterocycles. The fraction of sp³-hybridized carbons (Fsp3) is 1.00. The molecule has 0 saturated carbocycles. The fourth-order valence-electron chi connectivity index (χ4n) is 0.167. The van der Waals surface area contributed by atoms with Crippen molar-refractivity contribution in [2.45, 2.75) is 26.7 Å². The normalized spacial score (nSPS) is 6.67. The van der Waals surface area contributed by atoms with Gasteiger partial charge in [0.1, 0.15) is 0 Å². The summed E-state index contributed by atoms with van der Waals surface area (Å²) in [6, 6.07) is 0. The highest BCUT2D eigenvalue weighted by atomic mass is 31.1. The van der Waals surface area contributed by atoms with Crippen molar-refractivity contribution in [3.63, 3.8) is 0 Å². The first-order valence-electron chi connectivity index (χ1n) is 4.81. The van der Waals surface area contributed by atoms with Crippen molar-refractivity contribution in [3.05, 3.63) is 0 Å². The molecule has 5 N–H and O–H groups in total. The van der Waals surface area contributed by atoms with Gasteiger partial charge >= 0.3 is 0 Å². The van der Waals surface area contributed by atoms with Gasteiger partial charge in [0.2, 0.25) is 0 Å². The Hall–Kier alpha value is 0.580. The summed E-state index contributed by atoms with van der Waals surface area (Å²) < 4.78 is 18.0. The van der Waals surface area contributed by atoms with Crippen LogP contribution in [0.15, 0.2) is 0 Å². The first kappa shape index (κ1) is 36.3. The Balaban J connectivity index is -0.0000000268. The van der Waals surface area contributed by atoms with Gasteiger partial charge in [-0.3, -0.25) is 0 Å². The number of unbranched alkanes of at least 4 members (excludes halogenated alkanes) is 1. The van der Waals surface area contributed by atoms with E-state index in [0.29, 0.717) is 0 Å². The summed E-state index contributed by atoms with van der Waals surface area (Å²) in [5.74, 6) is 0. The Kier molecular flexibility index (Phi) is 132. The molecule has 0 amide bonds. The summed E-state index contributed by atoms with van der Waals surface area (Å²) in [6.45, 7) is 4.36. The second kappa shape index (κ2) is 65.6. The van der Waals surface area contributed by atoms with Crippen LogP contribution in [0.2, 0.25) is 0 Å². The molecular formula is C9H32O7P2. The zero-order chi connectivity index (χ0) is 13.7. The lowest BCUT2D eigenvalue weighted by molar-refractivity contribution is 0.362. The van der Waals surface area contributed by atoms with Crippen LogP contribution in [-0.2, 0) is 18.1 Å². The highest BCUT2D eigenvalue weighted by molar-refractivity contribution is 7.26. The van der Waals surface area contributed by atoms with E-state index in [9.17, 15) is 0 Å². The summed E-state index contributed by atoms with van der Waals surface area (Å²) in [7, 11) is 7.79. The van der Waals surface area contributed by atoms with Crippen molar-refractivity contribution in [1.29, 1.82) is 0 Å². The molecule has 120 valence electrons. The van der Waals surface area contributed by atoms with Gasteiger partial charge in [-0.05, 0) is 0 Å². The Bertz CT molecular complexity index is 60.9. The van der Waals surface area contributed by atoms with Gasteiger partial charge < -0.3 is 34.2 Å². The van der Waals surface area contributed by atoms with Gasteiger partial charge in [-0.1, -0.05) is 26.7 Å². The summed E-state index contributed by atoms with van der Waals surface area (Å²) in [6.07, 6.45) is 2.64. The van der Waals surface area contributed by atoms with Gasteiger partial charge in [-0.2, -0.15) is 0 Å². The van der Waals surface area contributed by atoms with Gasteiger partial charge in [-0.15, -0.1) is 0 Å². The van der Waals surface area contributed by atoms with E-state index in [2.05, 4.69) is 31.9 Å². The highest BCUT2D eigenvalue weighted by Gasteiger charge is 1.64. The van der Waals surface area contributed by atoms with Crippen LogP contribution >= 0.6 is 18.1 Å². The molecule has 0 aliphatic rings. The van der Waals surface area contributed by atoms with E-state index in [4.69, 9.17) is 5.11 Å². The maximum Gasteiger partial charge on any atom is 0.154 e. The van der Waals surface area contributed by atoms with Crippen LogP contribution in [0.5, 0.6) is 0 Å². The quantitative estimate of drug-likeness (QED) is 0.768. The summed E-state index contributed by atoms with van der Waals surface area (Å²) >= 11 is 0. The van der Waals surface area contributed by atoms with Crippen LogP contribution in [0.1, 0.15) is 26.7 Å². The third kappa shape index (κ3) is 129. The Labute approximate surface area is 115 Å². The SMILES string of the molecule is CCCC.CO.COPOC.COPOC.O.O. The Morgan fingerprint density at radius 1 is 0.667 bits per heavy atom. The van der Waals surface area contributed by atoms with Crippen molar-refractivity contribution in [3.8, 4) is 0 Å². The molecule has 9 heteroatoms. The molecule has 0 bridgehead atoms. The number of aliphatic hydroxyl groups excluding tert-OH is 1. The van der Waals surface area contributed by atoms with Gasteiger partial charge in [0.05, 0.1) is 0 Å². The average Bonchev–Trinajstić information content (AvgIpc) is 2.35. The topological polar surface area (TPSA) is 120 Å². The van der Waals surface area contributed by atoms with E-state index in [1.54, 1.807) is 28.4 Å². The zero-order valence-electron chi connectivity index (χ0n) is 12.5. The highest BCUT2D eigenvalue weighted by Crippen LogP contribution is 2.06. The van der Waals surface area contributed by atoms with Crippen molar-refractivity contribution in [2.75, 3.05) is 35.5 Å². The van der Waals surface area contributed by atoms with Crippen molar-refractivity contribution >= 4 is 18.1 Å². The second-order valence-corrected chi connectivity index (χ2v) is 3.95. The average molecular weight is 314 g/mol. The second-order valence-electron chi connectivity index (χ2n) is 1.98. The number of rotatable bonds is 5. The van der Waals surface area contributed by atoms with Crippen LogP contribution < -0.4 is 0 Å². The lowest BCUT2D eigenvalue weighted by Crippen LogP contribution is -1.60. The van der Waals surface area contributed by atoms with E-state index in [-0.39, 0.29) is 29.0 Å². The zero-order valence-corrected chi connectivity index (χ0v) is 14.5. The first-order chi connectivity index (χ1) is 7.74. The minimum Gasteiger partial charge on any atom is -0.412 e. The Morgan fingerprint density at radius 3 is 0.833 bits per heavy atom. The molecule has 0 rings (SSSR count). The van der Waals surface area contributed by atoms with Crippen LogP contribution in [0.4, 0.5) is 0 Å². The van der Waals surface area contributed by atoms with Gasteiger partial charge in [0, 0.05) is 35.5 Å². The predicted molar refractivity (Wildman–Crippen MR) is 80.6 cm³/mol. The maximum atomic E-state index is 7.00. The molecule has 0 aliphatic heterocycles. The first-order valence-corrected chi connectivity index (χ1v) is 6.44. The van der Waals surface area contributed by atoms with Crippen molar-refractivity contribution < 1.29 is 34.2 Å². The molecule has 0 unspecified atom stereocenters. The van der Waals surface area contributed by atoms with E-state index in [0.717, 1.165) is 7.11 Å². The lowest BCUT2D eigenvalue weighted by Gasteiger charge is -1.86. The summed E-state index contributed by atoms with van der Waals surface area (Å²) in [5.41, 5.74) is 0. The molecule has 7 nitrogen and oxygen atoms in total. The fourth-order valence-corrected chi connectivity index (χ4v) is 0.500. The van der Waals surface area contributed by atoms with E-state index in [1.807, 2.05) is 0 Å². The molecule has 0 fully saturated rings. The minimum atomic E-state index is 0. The van der Waals surface area contributed by atoms with Crippen LogP contribution in [0.25, 0.3) is 0 Å². The van der Waals surface area contributed by atoms with Crippen LogP contribution in [-0.4, -0.2) is 51.6 Å². The Morgan fingerprint density at radius 2 is 0.833 bits per heavy atom.